The molecule has 0 bridgehead atoms. The molecule has 1 saturated heterocycles. The Labute approximate surface area is 121 Å². The molecule has 1 fully saturated rings. The molecule has 1 aromatic rings. The Morgan fingerprint density at radius 3 is 2.81 bits per heavy atom. The van der Waals surface area contributed by atoms with Crippen molar-refractivity contribution in [1.29, 1.82) is 0 Å². The lowest BCUT2D eigenvalue weighted by atomic mass is 10.0. The van der Waals surface area contributed by atoms with Crippen molar-refractivity contribution >= 4 is 17.7 Å². The Morgan fingerprint density at radius 1 is 1.48 bits per heavy atom. The first kappa shape index (κ1) is 15.1. The van der Waals surface area contributed by atoms with E-state index in [-0.39, 0.29) is 30.3 Å². The van der Waals surface area contributed by atoms with Gasteiger partial charge in [-0.15, -0.1) is 0 Å². The number of likely N-dealkylation sites (tertiary alicyclic amines) is 1. The van der Waals surface area contributed by atoms with Gasteiger partial charge in [0.05, 0.1) is 6.04 Å². The van der Waals surface area contributed by atoms with Crippen molar-refractivity contribution in [2.45, 2.75) is 25.4 Å². The van der Waals surface area contributed by atoms with Gasteiger partial charge in [0.15, 0.2) is 0 Å². The summed E-state index contributed by atoms with van der Waals surface area (Å²) in [6.07, 6.45) is 0.673. The minimum atomic E-state index is -0.698. The second-order valence-electron chi connectivity index (χ2n) is 4.93. The summed E-state index contributed by atoms with van der Waals surface area (Å²) in [6, 6.07) is 3.44. The fraction of sp³-hybridized carbons (Fsp3) is 0.357. The Hall–Kier alpha value is -2.28. The second kappa shape index (κ2) is 6.01. The zero-order valence-electron chi connectivity index (χ0n) is 11.6. The van der Waals surface area contributed by atoms with Gasteiger partial charge in [0, 0.05) is 31.1 Å². The number of likely N-dealkylation sites (N-methyl/N-ethyl adjacent to an activating group) is 1. The maximum atomic E-state index is 13.8. The standard InChI is InChI=1S/C14H16FN3O3/c1-18-12(19)5-4-11(14(18)21)17-7-9-3-2-8(13(16)20)6-10(9)15/h2-3,6,11,17H,4-5,7H2,1H3,(H2,16,20). The number of nitrogens with zero attached hydrogens (tertiary/aromatic N) is 1. The van der Waals surface area contributed by atoms with Crippen molar-refractivity contribution in [2.24, 2.45) is 5.73 Å². The highest BCUT2D eigenvalue weighted by Crippen LogP contribution is 2.14. The summed E-state index contributed by atoms with van der Waals surface area (Å²) < 4.78 is 13.8. The lowest BCUT2D eigenvalue weighted by Crippen LogP contribution is -2.51. The summed E-state index contributed by atoms with van der Waals surface area (Å²) in [7, 11) is 1.43. The minimum absolute atomic E-state index is 0.0929. The Balaban J connectivity index is 2.02. The van der Waals surface area contributed by atoms with Gasteiger partial charge in [-0.3, -0.25) is 19.3 Å². The SMILES string of the molecule is CN1C(=O)CCC(NCc2ccc(C(N)=O)cc2F)C1=O. The van der Waals surface area contributed by atoms with Crippen molar-refractivity contribution < 1.29 is 18.8 Å². The molecular formula is C14H16FN3O3. The molecule has 0 spiro atoms. The number of hydrogen-bond donors (Lipinski definition) is 2. The molecule has 21 heavy (non-hydrogen) atoms. The van der Waals surface area contributed by atoms with Gasteiger partial charge < -0.3 is 11.1 Å². The third-order valence-corrected chi connectivity index (χ3v) is 3.53. The molecule has 0 radical (unpaired) electrons. The lowest BCUT2D eigenvalue weighted by molar-refractivity contribution is -0.148. The van der Waals surface area contributed by atoms with Crippen molar-refractivity contribution in [3.05, 3.63) is 35.1 Å². The zero-order chi connectivity index (χ0) is 15.6. The molecule has 0 saturated carbocycles. The number of hydrogen-bond acceptors (Lipinski definition) is 4. The maximum Gasteiger partial charge on any atom is 0.248 e. The number of carbonyl (C=O) groups excluding carboxylic acids is 3. The number of nitrogens with one attached hydrogen (secondary N) is 1. The quantitative estimate of drug-likeness (QED) is 0.774. The smallest absolute Gasteiger partial charge is 0.248 e. The summed E-state index contributed by atoms with van der Waals surface area (Å²) in [6.45, 7) is 0.128. The molecule has 1 heterocycles. The van der Waals surface area contributed by atoms with Crippen LogP contribution in [-0.2, 0) is 16.1 Å². The molecule has 7 heteroatoms. The van der Waals surface area contributed by atoms with E-state index in [0.717, 1.165) is 11.0 Å². The van der Waals surface area contributed by atoms with Crippen LogP contribution in [0.25, 0.3) is 0 Å². The summed E-state index contributed by atoms with van der Waals surface area (Å²) in [4.78, 5) is 35.2. The van der Waals surface area contributed by atoms with Crippen molar-refractivity contribution in [1.82, 2.24) is 10.2 Å². The van der Waals surface area contributed by atoms with E-state index in [4.69, 9.17) is 5.73 Å². The van der Waals surface area contributed by atoms with E-state index in [1.54, 1.807) is 0 Å². The Kier molecular flexibility index (Phi) is 4.32. The van der Waals surface area contributed by atoms with Crippen molar-refractivity contribution in [2.75, 3.05) is 7.05 Å². The first-order valence-corrected chi connectivity index (χ1v) is 6.52. The zero-order valence-corrected chi connectivity index (χ0v) is 11.6. The van der Waals surface area contributed by atoms with Gasteiger partial charge in [-0.2, -0.15) is 0 Å². The molecule has 0 aliphatic carbocycles. The highest BCUT2D eigenvalue weighted by atomic mass is 19.1. The molecule has 112 valence electrons. The number of imide groups is 1. The van der Waals surface area contributed by atoms with Crippen LogP contribution in [0.4, 0.5) is 4.39 Å². The largest absolute Gasteiger partial charge is 0.366 e. The number of benzene rings is 1. The third-order valence-electron chi connectivity index (χ3n) is 3.53. The van der Waals surface area contributed by atoms with Crippen LogP contribution in [0.3, 0.4) is 0 Å². The summed E-state index contributed by atoms with van der Waals surface area (Å²) in [5.41, 5.74) is 5.49. The highest BCUT2D eigenvalue weighted by Gasteiger charge is 2.31. The van der Waals surface area contributed by atoms with Gasteiger partial charge in [-0.1, -0.05) is 6.07 Å². The van der Waals surface area contributed by atoms with Gasteiger partial charge in [0.25, 0.3) is 0 Å². The molecule has 6 nitrogen and oxygen atoms in total. The molecule has 3 amide bonds. The second-order valence-corrected chi connectivity index (χ2v) is 4.93. The molecular weight excluding hydrogens is 277 g/mol. The number of nitrogens with two attached hydrogens (primary N) is 1. The van der Waals surface area contributed by atoms with Gasteiger partial charge in [-0.05, 0) is 18.6 Å². The molecule has 1 atom stereocenters. The van der Waals surface area contributed by atoms with E-state index >= 15 is 0 Å². The average Bonchev–Trinajstić information content (AvgIpc) is 2.45. The number of rotatable bonds is 4. The number of piperidine rings is 1. The topological polar surface area (TPSA) is 92.5 Å². The van der Waals surface area contributed by atoms with Gasteiger partial charge in [-0.25, -0.2) is 4.39 Å². The number of halogens is 1. The van der Waals surface area contributed by atoms with Crippen molar-refractivity contribution in [3.8, 4) is 0 Å². The number of carbonyl (C=O) groups is 3. The van der Waals surface area contributed by atoms with Crippen LogP contribution in [0.1, 0.15) is 28.8 Å². The van der Waals surface area contributed by atoms with Crippen LogP contribution >= 0.6 is 0 Å². The Morgan fingerprint density at radius 2 is 2.19 bits per heavy atom. The molecule has 1 aromatic carbocycles. The van der Waals surface area contributed by atoms with E-state index in [1.807, 2.05) is 0 Å². The van der Waals surface area contributed by atoms with Crippen LogP contribution < -0.4 is 11.1 Å². The normalized spacial score (nSPS) is 19.0. The van der Waals surface area contributed by atoms with Gasteiger partial charge >= 0.3 is 0 Å². The third kappa shape index (κ3) is 3.25. The summed E-state index contributed by atoms with van der Waals surface area (Å²) in [5.74, 6) is -1.79. The van der Waals surface area contributed by atoms with Gasteiger partial charge in [0.1, 0.15) is 5.82 Å². The van der Waals surface area contributed by atoms with E-state index in [9.17, 15) is 18.8 Å². The average molecular weight is 293 g/mol. The van der Waals surface area contributed by atoms with Crippen LogP contribution in [0.5, 0.6) is 0 Å². The predicted octanol–water partition coefficient (Wildman–Crippen LogP) is 0.162. The van der Waals surface area contributed by atoms with Crippen LogP contribution in [0.15, 0.2) is 18.2 Å². The molecule has 1 aliphatic heterocycles. The van der Waals surface area contributed by atoms with E-state index in [0.29, 0.717) is 12.0 Å². The lowest BCUT2D eigenvalue weighted by Gasteiger charge is -2.28. The van der Waals surface area contributed by atoms with Crippen LogP contribution in [-0.4, -0.2) is 35.7 Å². The first-order valence-electron chi connectivity index (χ1n) is 6.52. The van der Waals surface area contributed by atoms with Crippen molar-refractivity contribution in [3.63, 3.8) is 0 Å². The van der Waals surface area contributed by atoms with E-state index < -0.39 is 17.8 Å². The number of amides is 3. The maximum absolute atomic E-state index is 13.8. The Bertz CT molecular complexity index is 603. The monoisotopic (exact) mass is 293 g/mol. The minimum Gasteiger partial charge on any atom is -0.366 e. The highest BCUT2D eigenvalue weighted by molar-refractivity contribution is 6.00. The molecule has 0 aromatic heterocycles. The van der Waals surface area contributed by atoms with E-state index in [1.165, 1.54) is 19.2 Å². The molecule has 1 unspecified atom stereocenters. The molecule has 1 aliphatic rings. The van der Waals surface area contributed by atoms with E-state index in [2.05, 4.69) is 5.32 Å². The molecule has 2 rings (SSSR count). The fourth-order valence-corrected chi connectivity index (χ4v) is 2.18. The molecule has 3 N–H and O–H groups in total. The fourth-order valence-electron chi connectivity index (χ4n) is 2.18. The summed E-state index contributed by atoms with van der Waals surface area (Å²) in [5, 5.41) is 2.93. The van der Waals surface area contributed by atoms with Crippen LogP contribution in [0.2, 0.25) is 0 Å². The summed E-state index contributed by atoms with van der Waals surface area (Å²) >= 11 is 0. The predicted molar refractivity (Wildman–Crippen MR) is 72.6 cm³/mol. The van der Waals surface area contributed by atoms with Gasteiger partial charge in [0.2, 0.25) is 17.7 Å². The number of primary amides is 1. The van der Waals surface area contributed by atoms with Crippen LogP contribution in [0, 0.1) is 5.82 Å². The first-order chi connectivity index (χ1) is 9.90.